The van der Waals surface area contributed by atoms with E-state index >= 15 is 0 Å². The molecule has 0 N–H and O–H groups in total. The van der Waals surface area contributed by atoms with Crippen molar-refractivity contribution < 1.29 is 14.3 Å². The topological polar surface area (TPSA) is 48.4 Å². The average molecular weight is 281 g/mol. The van der Waals surface area contributed by atoms with Crippen LogP contribution in [0.2, 0.25) is 0 Å². The zero-order chi connectivity index (χ0) is 14.8. The van der Waals surface area contributed by atoms with Crippen molar-refractivity contribution in [3.63, 3.8) is 0 Å². The van der Waals surface area contributed by atoms with Crippen LogP contribution in [-0.2, 0) is 6.42 Å². The van der Waals surface area contributed by atoms with Gasteiger partial charge in [-0.05, 0) is 41.5 Å². The Morgan fingerprint density at radius 2 is 1.71 bits per heavy atom. The molecule has 4 nitrogen and oxygen atoms in total. The summed E-state index contributed by atoms with van der Waals surface area (Å²) >= 11 is 0. The highest BCUT2D eigenvalue weighted by molar-refractivity contribution is 6.18. The number of nitrogens with zero attached hydrogens (tertiary/aromatic N) is 1. The lowest BCUT2D eigenvalue weighted by molar-refractivity contribution is 0.103. The Morgan fingerprint density at radius 1 is 1.05 bits per heavy atom. The number of ether oxygens (including phenoxy) is 2. The van der Waals surface area contributed by atoms with Gasteiger partial charge in [0.2, 0.25) is 0 Å². The van der Waals surface area contributed by atoms with Crippen LogP contribution in [0.4, 0.5) is 0 Å². The van der Waals surface area contributed by atoms with Crippen LogP contribution >= 0.6 is 0 Å². The molecular weight excluding hydrogens is 266 g/mol. The van der Waals surface area contributed by atoms with Crippen LogP contribution < -0.4 is 9.47 Å². The van der Waals surface area contributed by atoms with Gasteiger partial charge in [0.15, 0.2) is 17.3 Å². The van der Waals surface area contributed by atoms with Gasteiger partial charge < -0.3 is 9.47 Å². The third-order valence-corrected chi connectivity index (χ3v) is 3.57. The van der Waals surface area contributed by atoms with Gasteiger partial charge in [-0.3, -0.25) is 9.78 Å². The Hall–Kier alpha value is -2.62. The van der Waals surface area contributed by atoms with E-state index in [0.29, 0.717) is 23.5 Å². The number of hydrogen-bond donors (Lipinski definition) is 0. The Morgan fingerprint density at radius 3 is 2.38 bits per heavy atom. The van der Waals surface area contributed by atoms with E-state index in [1.165, 1.54) is 0 Å². The third-order valence-electron chi connectivity index (χ3n) is 3.57. The molecule has 3 rings (SSSR count). The summed E-state index contributed by atoms with van der Waals surface area (Å²) in [7, 11) is 3.15. The molecule has 0 saturated carbocycles. The molecule has 0 unspecified atom stereocenters. The first kappa shape index (κ1) is 13.4. The molecule has 1 aromatic heterocycles. The predicted molar refractivity (Wildman–Crippen MR) is 79.8 cm³/mol. The maximum absolute atomic E-state index is 12.5. The van der Waals surface area contributed by atoms with Gasteiger partial charge in [0.1, 0.15) is 0 Å². The van der Waals surface area contributed by atoms with Crippen molar-refractivity contribution in [3.8, 4) is 11.5 Å². The van der Waals surface area contributed by atoms with Crippen LogP contribution in [-0.4, -0.2) is 25.0 Å². The van der Waals surface area contributed by atoms with Crippen LogP contribution in [0.25, 0.3) is 6.08 Å². The normalized spacial score (nSPS) is 12.9. The molecule has 4 heteroatoms. The molecule has 0 saturated heterocycles. The van der Waals surface area contributed by atoms with Gasteiger partial charge in [0.05, 0.1) is 14.2 Å². The number of Topliss-reactive ketones (excluding diaryl/α,β-unsaturated/α-hetero) is 1. The Bertz CT molecular complexity index is 720. The van der Waals surface area contributed by atoms with E-state index in [-0.39, 0.29) is 5.78 Å². The van der Waals surface area contributed by atoms with Crippen LogP contribution in [0, 0.1) is 0 Å². The summed E-state index contributed by atoms with van der Waals surface area (Å²) < 4.78 is 10.5. The summed E-state index contributed by atoms with van der Waals surface area (Å²) in [5, 5.41) is 0. The molecule has 1 aromatic carbocycles. The van der Waals surface area contributed by atoms with Gasteiger partial charge in [-0.2, -0.15) is 0 Å². The van der Waals surface area contributed by atoms with E-state index in [2.05, 4.69) is 4.98 Å². The molecule has 0 bridgehead atoms. The summed E-state index contributed by atoms with van der Waals surface area (Å²) in [5.74, 6) is 1.25. The summed E-state index contributed by atoms with van der Waals surface area (Å²) in [6.07, 6.45) is 5.98. The molecule has 1 aliphatic rings. The van der Waals surface area contributed by atoms with Gasteiger partial charge in [0.25, 0.3) is 0 Å². The first-order chi connectivity index (χ1) is 10.2. The quantitative estimate of drug-likeness (QED) is 0.864. The number of carbonyl (C=O) groups is 1. The number of aromatic nitrogens is 1. The summed E-state index contributed by atoms with van der Waals surface area (Å²) in [4.78, 5) is 16.5. The van der Waals surface area contributed by atoms with Gasteiger partial charge in [0, 0.05) is 30.0 Å². The van der Waals surface area contributed by atoms with Crippen molar-refractivity contribution >= 4 is 11.9 Å². The molecule has 2 aromatic rings. The molecule has 1 aliphatic carbocycles. The maximum atomic E-state index is 12.5. The van der Waals surface area contributed by atoms with E-state index in [1.807, 2.05) is 24.3 Å². The lowest BCUT2D eigenvalue weighted by Gasteiger charge is -2.09. The van der Waals surface area contributed by atoms with Crippen molar-refractivity contribution in [1.29, 1.82) is 0 Å². The molecule has 1 heterocycles. The summed E-state index contributed by atoms with van der Waals surface area (Å²) in [6, 6.07) is 7.41. The number of methoxy groups -OCH3 is 2. The lowest BCUT2D eigenvalue weighted by Crippen LogP contribution is -2.02. The van der Waals surface area contributed by atoms with E-state index < -0.39 is 0 Å². The minimum absolute atomic E-state index is 0.0442. The second-order valence-corrected chi connectivity index (χ2v) is 4.83. The SMILES string of the molecule is COc1cc2c(cc1OC)C(=O)C(Cc1ccncc1)=C2. The number of pyridine rings is 1. The zero-order valence-corrected chi connectivity index (χ0v) is 11.9. The molecular formula is C17H15NO3. The molecule has 0 radical (unpaired) electrons. The highest BCUT2D eigenvalue weighted by atomic mass is 16.5. The van der Waals surface area contributed by atoms with Crippen molar-refractivity contribution in [2.24, 2.45) is 0 Å². The number of fused-ring (bicyclic) bond motifs is 1. The fraction of sp³-hybridized carbons (Fsp3) is 0.176. The highest BCUT2D eigenvalue weighted by Gasteiger charge is 2.24. The summed E-state index contributed by atoms with van der Waals surface area (Å²) in [6.45, 7) is 0. The smallest absolute Gasteiger partial charge is 0.190 e. The first-order valence-electron chi connectivity index (χ1n) is 6.63. The highest BCUT2D eigenvalue weighted by Crippen LogP contribution is 2.36. The second-order valence-electron chi connectivity index (χ2n) is 4.83. The van der Waals surface area contributed by atoms with Crippen molar-refractivity contribution in [1.82, 2.24) is 4.98 Å². The van der Waals surface area contributed by atoms with E-state index in [4.69, 9.17) is 9.47 Å². The number of rotatable bonds is 4. The van der Waals surface area contributed by atoms with Gasteiger partial charge in [-0.15, -0.1) is 0 Å². The second kappa shape index (κ2) is 5.40. The summed E-state index contributed by atoms with van der Waals surface area (Å²) in [5.41, 5.74) is 3.38. The number of ketones is 1. The van der Waals surface area contributed by atoms with Crippen molar-refractivity contribution in [2.75, 3.05) is 14.2 Å². The van der Waals surface area contributed by atoms with Crippen molar-refractivity contribution in [3.05, 3.63) is 58.9 Å². The minimum Gasteiger partial charge on any atom is -0.493 e. The van der Waals surface area contributed by atoms with E-state index in [9.17, 15) is 4.79 Å². The van der Waals surface area contributed by atoms with Crippen LogP contribution in [0.3, 0.4) is 0 Å². The monoisotopic (exact) mass is 281 g/mol. The molecule has 0 spiro atoms. The zero-order valence-electron chi connectivity index (χ0n) is 11.9. The molecule has 0 atom stereocenters. The number of allylic oxidation sites excluding steroid dienone is 1. The van der Waals surface area contributed by atoms with E-state index in [0.717, 1.165) is 16.7 Å². The molecule has 21 heavy (non-hydrogen) atoms. The molecule has 0 aliphatic heterocycles. The Balaban J connectivity index is 1.95. The molecule has 0 fully saturated rings. The fourth-order valence-corrected chi connectivity index (χ4v) is 2.49. The predicted octanol–water partition coefficient (Wildman–Crippen LogP) is 2.92. The molecule has 0 amide bonds. The maximum Gasteiger partial charge on any atom is 0.190 e. The first-order valence-corrected chi connectivity index (χ1v) is 6.63. The van der Waals surface area contributed by atoms with Gasteiger partial charge in [-0.1, -0.05) is 0 Å². The number of benzene rings is 1. The van der Waals surface area contributed by atoms with Crippen LogP contribution in [0.5, 0.6) is 11.5 Å². The number of carbonyl (C=O) groups excluding carboxylic acids is 1. The average Bonchev–Trinajstić information content (AvgIpc) is 2.82. The lowest BCUT2D eigenvalue weighted by atomic mass is 10.0. The van der Waals surface area contributed by atoms with Crippen LogP contribution in [0.1, 0.15) is 21.5 Å². The largest absolute Gasteiger partial charge is 0.493 e. The van der Waals surface area contributed by atoms with E-state index in [1.54, 1.807) is 32.7 Å². The molecule has 106 valence electrons. The minimum atomic E-state index is 0.0442. The standard InChI is InChI=1S/C17H15NO3/c1-20-15-9-12-8-13(7-11-3-5-18-6-4-11)17(19)14(12)10-16(15)21-2/h3-6,8-10H,7H2,1-2H3. The fourth-order valence-electron chi connectivity index (χ4n) is 2.49. The van der Waals surface area contributed by atoms with Crippen LogP contribution in [0.15, 0.2) is 42.2 Å². The van der Waals surface area contributed by atoms with Gasteiger partial charge in [-0.25, -0.2) is 0 Å². The van der Waals surface area contributed by atoms with Gasteiger partial charge >= 0.3 is 0 Å². The Labute approximate surface area is 123 Å². The van der Waals surface area contributed by atoms with Crippen molar-refractivity contribution in [2.45, 2.75) is 6.42 Å². The third kappa shape index (κ3) is 2.40. The number of hydrogen-bond acceptors (Lipinski definition) is 4. The Kier molecular flexibility index (Phi) is 3.44.